The van der Waals surface area contributed by atoms with Crippen LogP contribution in [0, 0.1) is 6.92 Å². The van der Waals surface area contributed by atoms with E-state index in [0.717, 1.165) is 30.6 Å². The van der Waals surface area contributed by atoms with Crippen molar-refractivity contribution in [2.24, 2.45) is 0 Å². The first-order valence-electron chi connectivity index (χ1n) is 7.22. The molecule has 1 aromatic carbocycles. The average molecular weight is 297 g/mol. The second-order valence-corrected chi connectivity index (χ2v) is 7.21. The Labute approximate surface area is 121 Å². The van der Waals surface area contributed by atoms with Crippen molar-refractivity contribution in [2.45, 2.75) is 51.0 Å². The molecule has 2 rings (SSSR count). The van der Waals surface area contributed by atoms with Crippen molar-refractivity contribution in [3.05, 3.63) is 23.8 Å². The lowest BCUT2D eigenvalue weighted by Crippen LogP contribution is -2.41. The molecular weight excluding hydrogens is 274 g/mol. The zero-order valence-corrected chi connectivity index (χ0v) is 13.2. The molecule has 0 bridgehead atoms. The van der Waals surface area contributed by atoms with Gasteiger partial charge in [0.1, 0.15) is 5.75 Å². The summed E-state index contributed by atoms with van der Waals surface area (Å²) in [6.07, 6.45) is 2.99. The third-order valence-corrected chi connectivity index (χ3v) is 5.80. The number of sulfonamides is 1. The molecule has 112 valence electrons. The maximum Gasteiger partial charge on any atom is 0.243 e. The number of benzene rings is 1. The van der Waals surface area contributed by atoms with E-state index in [0.29, 0.717) is 18.0 Å². The SMILES string of the molecule is CCOc1ccc(S(=O)(=O)N2CCCCC2C)cc1C. The molecule has 1 fully saturated rings. The molecule has 1 aromatic rings. The maximum absolute atomic E-state index is 12.7. The lowest BCUT2D eigenvalue weighted by Gasteiger charge is -2.32. The number of piperidine rings is 1. The van der Waals surface area contributed by atoms with Gasteiger partial charge in [0.25, 0.3) is 0 Å². The Hall–Kier alpha value is -1.07. The minimum Gasteiger partial charge on any atom is -0.494 e. The molecule has 0 aromatic heterocycles. The zero-order chi connectivity index (χ0) is 14.8. The van der Waals surface area contributed by atoms with Crippen molar-refractivity contribution in [2.75, 3.05) is 13.2 Å². The van der Waals surface area contributed by atoms with Crippen molar-refractivity contribution in [1.29, 1.82) is 0 Å². The van der Waals surface area contributed by atoms with Crippen molar-refractivity contribution in [1.82, 2.24) is 4.31 Å². The van der Waals surface area contributed by atoms with Crippen LogP contribution >= 0.6 is 0 Å². The van der Waals surface area contributed by atoms with Gasteiger partial charge in [0.05, 0.1) is 11.5 Å². The Kier molecular flexibility index (Phi) is 4.70. The highest BCUT2D eigenvalue weighted by molar-refractivity contribution is 7.89. The van der Waals surface area contributed by atoms with E-state index in [1.807, 2.05) is 20.8 Å². The van der Waals surface area contributed by atoms with Crippen LogP contribution in [-0.2, 0) is 10.0 Å². The van der Waals surface area contributed by atoms with Crippen LogP contribution in [0.1, 0.15) is 38.7 Å². The summed E-state index contributed by atoms with van der Waals surface area (Å²) in [5, 5.41) is 0. The number of rotatable bonds is 4. The van der Waals surface area contributed by atoms with Gasteiger partial charge in [0.2, 0.25) is 10.0 Å². The molecular formula is C15H23NO3S. The predicted octanol–water partition coefficient (Wildman–Crippen LogP) is 2.96. The number of aryl methyl sites for hydroxylation is 1. The topological polar surface area (TPSA) is 46.6 Å². The zero-order valence-electron chi connectivity index (χ0n) is 12.4. The predicted molar refractivity (Wildman–Crippen MR) is 79.6 cm³/mol. The Bertz CT molecular complexity index is 568. The molecule has 0 N–H and O–H groups in total. The van der Waals surface area contributed by atoms with Crippen LogP contribution in [-0.4, -0.2) is 31.9 Å². The van der Waals surface area contributed by atoms with Gasteiger partial charge >= 0.3 is 0 Å². The van der Waals surface area contributed by atoms with Gasteiger partial charge in [-0.15, -0.1) is 0 Å². The molecule has 1 unspecified atom stereocenters. The standard InChI is InChI=1S/C15H23NO3S/c1-4-19-15-9-8-14(11-12(15)2)20(17,18)16-10-6-5-7-13(16)3/h8-9,11,13H,4-7,10H2,1-3H3. The summed E-state index contributed by atoms with van der Waals surface area (Å²) in [5.41, 5.74) is 0.859. The Balaban J connectivity index is 2.31. The van der Waals surface area contributed by atoms with Crippen LogP contribution in [0.2, 0.25) is 0 Å². The van der Waals surface area contributed by atoms with E-state index >= 15 is 0 Å². The maximum atomic E-state index is 12.7. The minimum atomic E-state index is -3.39. The van der Waals surface area contributed by atoms with E-state index < -0.39 is 10.0 Å². The molecule has 1 aliphatic rings. The first kappa shape index (κ1) is 15.3. The summed E-state index contributed by atoms with van der Waals surface area (Å²) in [6, 6.07) is 5.19. The molecule has 1 heterocycles. The van der Waals surface area contributed by atoms with Crippen LogP contribution < -0.4 is 4.74 Å². The van der Waals surface area contributed by atoms with E-state index in [9.17, 15) is 8.42 Å². The fraction of sp³-hybridized carbons (Fsp3) is 0.600. The molecule has 20 heavy (non-hydrogen) atoms. The summed E-state index contributed by atoms with van der Waals surface area (Å²) in [6.45, 7) is 6.98. The first-order valence-corrected chi connectivity index (χ1v) is 8.66. The van der Waals surface area contributed by atoms with E-state index in [1.165, 1.54) is 0 Å². The van der Waals surface area contributed by atoms with Gasteiger partial charge in [0.15, 0.2) is 0 Å². The van der Waals surface area contributed by atoms with E-state index in [1.54, 1.807) is 22.5 Å². The third-order valence-electron chi connectivity index (χ3n) is 3.79. The minimum absolute atomic E-state index is 0.0839. The summed E-state index contributed by atoms with van der Waals surface area (Å²) >= 11 is 0. The Morgan fingerprint density at radius 3 is 2.70 bits per heavy atom. The molecule has 0 spiro atoms. The molecule has 0 saturated carbocycles. The highest BCUT2D eigenvalue weighted by atomic mass is 32.2. The summed E-state index contributed by atoms with van der Waals surface area (Å²) in [5.74, 6) is 0.748. The number of ether oxygens (including phenoxy) is 1. The Morgan fingerprint density at radius 1 is 1.35 bits per heavy atom. The fourth-order valence-electron chi connectivity index (χ4n) is 2.66. The van der Waals surface area contributed by atoms with Crippen molar-refractivity contribution in [3.63, 3.8) is 0 Å². The highest BCUT2D eigenvalue weighted by Gasteiger charge is 2.31. The third kappa shape index (κ3) is 2.99. The molecule has 4 nitrogen and oxygen atoms in total. The van der Waals surface area contributed by atoms with Crippen LogP contribution in [0.4, 0.5) is 0 Å². The van der Waals surface area contributed by atoms with Gasteiger partial charge in [-0.2, -0.15) is 4.31 Å². The fourth-order valence-corrected chi connectivity index (χ4v) is 4.45. The second kappa shape index (κ2) is 6.14. The van der Waals surface area contributed by atoms with Gasteiger partial charge in [-0.25, -0.2) is 8.42 Å². The summed E-state index contributed by atoms with van der Waals surface area (Å²) in [4.78, 5) is 0.368. The van der Waals surface area contributed by atoms with Crippen LogP contribution in [0.5, 0.6) is 5.75 Å². The monoisotopic (exact) mass is 297 g/mol. The number of hydrogen-bond donors (Lipinski definition) is 0. The molecule has 1 saturated heterocycles. The Morgan fingerprint density at radius 2 is 2.10 bits per heavy atom. The van der Waals surface area contributed by atoms with Gasteiger partial charge in [-0.3, -0.25) is 0 Å². The second-order valence-electron chi connectivity index (χ2n) is 5.32. The van der Waals surface area contributed by atoms with Gasteiger partial charge in [-0.1, -0.05) is 6.42 Å². The van der Waals surface area contributed by atoms with Crippen LogP contribution in [0.25, 0.3) is 0 Å². The first-order chi connectivity index (χ1) is 9.46. The van der Waals surface area contributed by atoms with E-state index in [-0.39, 0.29) is 6.04 Å². The quantitative estimate of drug-likeness (QED) is 0.858. The molecule has 0 aliphatic carbocycles. The van der Waals surface area contributed by atoms with Crippen molar-refractivity contribution < 1.29 is 13.2 Å². The largest absolute Gasteiger partial charge is 0.494 e. The molecule has 1 atom stereocenters. The van der Waals surface area contributed by atoms with Gasteiger partial charge in [0, 0.05) is 12.6 Å². The van der Waals surface area contributed by atoms with Crippen LogP contribution in [0.15, 0.2) is 23.1 Å². The van der Waals surface area contributed by atoms with Crippen molar-refractivity contribution >= 4 is 10.0 Å². The van der Waals surface area contributed by atoms with E-state index in [2.05, 4.69) is 0 Å². The summed E-state index contributed by atoms with van der Waals surface area (Å²) < 4.78 is 32.5. The smallest absolute Gasteiger partial charge is 0.243 e. The number of hydrogen-bond acceptors (Lipinski definition) is 3. The molecule has 0 amide bonds. The average Bonchev–Trinajstić information content (AvgIpc) is 2.41. The van der Waals surface area contributed by atoms with Crippen molar-refractivity contribution in [3.8, 4) is 5.75 Å². The lowest BCUT2D eigenvalue weighted by atomic mass is 10.1. The summed E-state index contributed by atoms with van der Waals surface area (Å²) in [7, 11) is -3.39. The van der Waals surface area contributed by atoms with E-state index in [4.69, 9.17) is 4.74 Å². The molecule has 0 radical (unpaired) electrons. The number of nitrogens with zero attached hydrogens (tertiary/aromatic N) is 1. The van der Waals surface area contributed by atoms with Gasteiger partial charge < -0.3 is 4.74 Å². The normalized spacial score (nSPS) is 20.9. The molecule has 1 aliphatic heterocycles. The highest BCUT2D eigenvalue weighted by Crippen LogP contribution is 2.28. The van der Waals surface area contributed by atoms with Crippen LogP contribution in [0.3, 0.4) is 0 Å². The molecule has 5 heteroatoms. The lowest BCUT2D eigenvalue weighted by molar-refractivity contribution is 0.268. The van der Waals surface area contributed by atoms with Gasteiger partial charge in [-0.05, 0) is 57.4 Å².